The predicted octanol–water partition coefficient (Wildman–Crippen LogP) is 1.94. The molecule has 0 aliphatic carbocycles. The third-order valence-corrected chi connectivity index (χ3v) is 3.46. The van der Waals surface area contributed by atoms with E-state index in [1.54, 1.807) is 0 Å². The van der Waals surface area contributed by atoms with Crippen molar-refractivity contribution in [2.24, 2.45) is 5.92 Å². The standard InChI is InChI=1S/C9H14N2OS/c10-9-6-8(12-11-9)5-7-1-3-13-4-2-7/h6-7H,1-5H2,(H2,10,11). The Labute approximate surface area is 82.0 Å². The topological polar surface area (TPSA) is 52.0 Å². The van der Waals surface area contributed by atoms with Gasteiger partial charge in [-0.2, -0.15) is 11.8 Å². The third-order valence-electron chi connectivity index (χ3n) is 2.41. The van der Waals surface area contributed by atoms with Crippen LogP contribution < -0.4 is 5.73 Å². The van der Waals surface area contributed by atoms with Crippen molar-refractivity contribution < 1.29 is 4.52 Å². The van der Waals surface area contributed by atoms with Gasteiger partial charge in [0.25, 0.3) is 0 Å². The Morgan fingerprint density at radius 3 is 2.92 bits per heavy atom. The smallest absolute Gasteiger partial charge is 0.167 e. The fourth-order valence-corrected chi connectivity index (χ4v) is 2.86. The van der Waals surface area contributed by atoms with Crippen LogP contribution in [0.2, 0.25) is 0 Å². The monoisotopic (exact) mass is 198 g/mol. The van der Waals surface area contributed by atoms with Gasteiger partial charge in [0, 0.05) is 12.5 Å². The molecule has 0 spiro atoms. The summed E-state index contributed by atoms with van der Waals surface area (Å²) in [5.74, 6) is 4.78. The second-order valence-electron chi connectivity index (χ2n) is 3.48. The molecule has 2 rings (SSSR count). The molecule has 72 valence electrons. The summed E-state index contributed by atoms with van der Waals surface area (Å²) in [5.41, 5.74) is 5.47. The Balaban J connectivity index is 1.89. The van der Waals surface area contributed by atoms with Gasteiger partial charge in [0.05, 0.1) is 0 Å². The molecule has 0 amide bonds. The van der Waals surface area contributed by atoms with Crippen LogP contribution in [0.15, 0.2) is 10.6 Å². The minimum Gasteiger partial charge on any atom is -0.381 e. The first-order valence-corrected chi connectivity index (χ1v) is 5.79. The lowest BCUT2D eigenvalue weighted by atomic mass is 9.98. The first-order valence-electron chi connectivity index (χ1n) is 4.63. The van der Waals surface area contributed by atoms with Crippen LogP contribution in [0, 0.1) is 5.92 Å². The Morgan fingerprint density at radius 2 is 2.31 bits per heavy atom. The van der Waals surface area contributed by atoms with Gasteiger partial charge in [-0.15, -0.1) is 0 Å². The van der Waals surface area contributed by atoms with Crippen molar-refractivity contribution in [2.45, 2.75) is 19.3 Å². The van der Waals surface area contributed by atoms with Crippen molar-refractivity contribution in [1.82, 2.24) is 5.16 Å². The van der Waals surface area contributed by atoms with E-state index in [0.29, 0.717) is 5.82 Å². The van der Waals surface area contributed by atoms with E-state index in [1.807, 2.05) is 17.8 Å². The summed E-state index contributed by atoms with van der Waals surface area (Å²) >= 11 is 2.04. The zero-order valence-corrected chi connectivity index (χ0v) is 8.35. The second-order valence-corrected chi connectivity index (χ2v) is 4.70. The highest BCUT2D eigenvalue weighted by atomic mass is 32.2. The molecule has 0 aromatic carbocycles. The van der Waals surface area contributed by atoms with Crippen LogP contribution in [0.4, 0.5) is 5.82 Å². The van der Waals surface area contributed by atoms with Gasteiger partial charge in [-0.25, -0.2) is 0 Å². The maximum absolute atomic E-state index is 5.47. The van der Waals surface area contributed by atoms with Crippen LogP contribution >= 0.6 is 11.8 Å². The van der Waals surface area contributed by atoms with Crippen molar-refractivity contribution in [1.29, 1.82) is 0 Å². The fraction of sp³-hybridized carbons (Fsp3) is 0.667. The summed E-state index contributed by atoms with van der Waals surface area (Å²) in [6.07, 6.45) is 3.60. The van der Waals surface area contributed by atoms with Gasteiger partial charge in [0.15, 0.2) is 5.82 Å². The molecule has 1 aromatic heterocycles. The molecular formula is C9H14N2OS. The van der Waals surface area contributed by atoms with Crippen LogP contribution in [-0.2, 0) is 6.42 Å². The summed E-state index contributed by atoms with van der Waals surface area (Å²) in [6.45, 7) is 0. The molecule has 1 saturated heterocycles. The molecule has 1 fully saturated rings. The van der Waals surface area contributed by atoms with E-state index in [-0.39, 0.29) is 0 Å². The maximum Gasteiger partial charge on any atom is 0.167 e. The molecule has 1 aliphatic heterocycles. The molecule has 0 bridgehead atoms. The molecule has 2 N–H and O–H groups in total. The SMILES string of the molecule is Nc1cc(CC2CCSCC2)on1. The molecule has 2 heterocycles. The molecule has 0 saturated carbocycles. The van der Waals surface area contributed by atoms with E-state index in [0.717, 1.165) is 18.1 Å². The highest BCUT2D eigenvalue weighted by Crippen LogP contribution is 2.26. The highest BCUT2D eigenvalue weighted by molar-refractivity contribution is 7.99. The summed E-state index contributed by atoms with van der Waals surface area (Å²) < 4.78 is 5.09. The van der Waals surface area contributed by atoms with Crippen molar-refractivity contribution in [3.8, 4) is 0 Å². The molecule has 3 nitrogen and oxygen atoms in total. The van der Waals surface area contributed by atoms with Crippen molar-refractivity contribution in [3.63, 3.8) is 0 Å². The van der Waals surface area contributed by atoms with Gasteiger partial charge >= 0.3 is 0 Å². The number of nitrogens with two attached hydrogens (primary N) is 1. The first-order chi connectivity index (χ1) is 6.34. The van der Waals surface area contributed by atoms with E-state index in [9.17, 15) is 0 Å². The van der Waals surface area contributed by atoms with Crippen molar-refractivity contribution in [3.05, 3.63) is 11.8 Å². The number of hydrogen-bond donors (Lipinski definition) is 1. The molecular weight excluding hydrogens is 184 g/mol. The fourth-order valence-electron chi connectivity index (χ4n) is 1.66. The van der Waals surface area contributed by atoms with Crippen LogP contribution in [0.5, 0.6) is 0 Å². The number of aromatic nitrogens is 1. The Morgan fingerprint density at radius 1 is 1.54 bits per heavy atom. The van der Waals surface area contributed by atoms with E-state index in [4.69, 9.17) is 10.3 Å². The molecule has 13 heavy (non-hydrogen) atoms. The quantitative estimate of drug-likeness (QED) is 0.789. The maximum atomic E-state index is 5.47. The molecule has 1 aromatic rings. The number of anilines is 1. The molecule has 4 heteroatoms. The average Bonchev–Trinajstić information content (AvgIpc) is 2.53. The average molecular weight is 198 g/mol. The van der Waals surface area contributed by atoms with Crippen LogP contribution in [0.1, 0.15) is 18.6 Å². The van der Waals surface area contributed by atoms with Gasteiger partial charge in [-0.3, -0.25) is 0 Å². The second kappa shape index (κ2) is 4.05. The Bertz CT molecular complexity index is 268. The lowest BCUT2D eigenvalue weighted by Crippen LogP contribution is -2.11. The highest BCUT2D eigenvalue weighted by Gasteiger charge is 2.16. The van der Waals surface area contributed by atoms with E-state index >= 15 is 0 Å². The molecule has 0 unspecified atom stereocenters. The van der Waals surface area contributed by atoms with E-state index in [2.05, 4.69) is 5.16 Å². The minimum atomic E-state index is 0.500. The Hall–Kier alpha value is -0.640. The zero-order valence-electron chi connectivity index (χ0n) is 7.53. The van der Waals surface area contributed by atoms with Gasteiger partial charge in [0.1, 0.15) is 5.76 Å². The van der Waals surface area contributed by atoms with Gasteiger partial charge in [-0.1, -0.05) is 5.16 Å². The lowest BCUT2D eigenvalue weighted by Gasteiger charge is -2.19. The normalized spacial score (nSPS) is 19.1. The van der Waals surface area contributed by atoms with Crippen LogP contribution in [0.3, 0.4) is 0 Å². The molecule has 0 radical (unpaired) electrons. The number of nitrogen functional groups attached to an aromatic ring is 1. The number of hydrogen-bond acceptors (Lipinski definition) is 4. The molecule has 0 atom stereocenters. The summed E-state index contributed by atoms with van der Waals surface area (Å²) in [6, 6.07) is 1.84. The van der Waals surface area contributed by atoms with Crippen molar-refractivity contribution in [2.75, 3.05) is 17.2 Å². The van der Waals surface area contributed by atoms with Gasteiger partial charge in [0.2, 0.25) is 0 Å². The molecule has 1 aliphatic rings. The van der Waals surface area contributed by atoms with E-state index in [1.165, 1.54) is 24.3 Å². The number of nitrogens with zero attached hydrogens (tertiary/aromatic N) is 1. The zero-order chi connectivity index (χ0) is 9.10. The van der Waals surface area contributed by atoms with Crippen LogP contribution in [-0.4, -0.2) is 16.7 Å². The Kier molecular flexibility index (Phi) is 2.78. The van der Waals surface area contributed by atoms with Gasteiger partial charge < -0.3 is 10.3 Å². The predicted molar refractivity (Wildman–Crippen MR) is 54.7 cm³/mol. The van der Waals surface area contributed by atoms with Gasteiger partial charge in [-0.05, 0) is 30.3 Å². The lowest BCUT2D eigenvalue weighted by molar-refractivity contribution is 0.352. The van der Waals surface area contributed by atoms with Crippen molar-refractivity contribution >= 4 is 17.6 Å². The minimum absolute atomic E-state index is 0.500. The summed E-state index contributed by atoms with van der Waals surface area (Å²) in [5, 5.41) is 3.68. The third kappa shape index (κ3) is 2.40. The summed E-state index contributed by atoms with van der Waals surface area (Å²) in [7, 11) is 0. The first kappa shape index (κ1) is 8.94. The van der Waals surface area contributed by atoms with Crippen LogP contribution in [0.25, 0.3) is 0 Å². The number of rotatable bonds is 2. The summed E-state index contributed by atoms with van der Waals surface area (Å²) in [4.78, 5) is 0. The van der Waals surface area contributed by atoms with E-state index < -0.39 is 0 Å². The number of thioether (sulfide) groups is 1. The largest absolute Gasteiger partial charge is 0.381 e.